The lowest BCUT2D eigenvalue weighted by Crippen LogP contribution is -2.56. The summed E-state index contributed by atoms with van der Waals surface area (Å²) in [6.45, 7) is 7.52. The van der Waals surface area contributed by atoms with E-state index in [1.165, 1.54) is 5.01 Å². The van der Waals surface area contributed by atoms with Gasteiger partial charge in [0.2, 0.25) is 0 Å². The van der Waals surface area contributed by atoms with E-state index < -0.39 is 12.2 Å². The largest absolute Gasteiger partial charge is 0.446 e. The summed E-state index contributed by atoms with van der Waals surface area (Å²) in [5.41, 5.74) is 4.63. The first kappa shape index (κ1) is 17.9. The molecule has 0 saturated carbocycles. The summed E-state index contributed by atoms with van der Waals surface area (Å²) in [6.07, 6.45) is -1.23. The number of benzene rings is 1. The van der Waals surface area contributed by atoms with Crippen molar-refractivity contribution in [3.8, 4) is 0 Å². The summed E-state index contributed by atoms with van der Waals surface area (Å²) in [7, 11) is 0. The van der Waals surface area contributed by atoms with Gasteiger partial charge in [0.1, 0.15) is 0 Å². The molecule has 2 amide bonds. The molecule has 24 heavy (non-hydrogen) atoms. The second-order valence-corrected chi connectivity index (χ2v) is 6.26. The molecule has 0 aromatic heterocycles. The molecule has 7 nitrogen and oxygen atoms in total. The van der Waals surface area contributed by atoms with Crippen LogP contribution in [0.15, 0.2) is 24.3 Å². The maximum atomic E-state index is 12.4. The smallest absolute Gasteiger partial charge is 0.429 e. The fraction of sp³-hybridized carbons (Fsp3) is 0.529. The summed E-state index contributed by atoms with van der Waals surface area (Å²) in [5, 5.41) is 4.49. The third kappa shape index (κ3) is 4.78. The molecule has 1 aliphatic heterocycles. The van der Waals surface area contributed by atoms with Crippen LogP contribution in [0, 0.1) is 0 Å². The lowest BCUT2D eigenvalue weighted by molar-refractivity contribution is 0.0327. The number of nitrogens with one attached hydrogen (secondary N) is 2. The van der Waals surface area contributed by atoms with Crippen LogP contribution in [0.2, 0.25) is 0 Å². The molecule has 0 unspecified atom stereocenters. The molecule has 1 aliphatic rings. The predicted octanol–water partition coefficient (Wildman–Crippen LogP) is 2.92. The van der Waals surface area contributed by atoms with Crippen LogP contribution in [-0.4, -0.2) is 42.0 Å². The Morgan fingerprint density at radius 3 is 2.50 bits per heavy atom. The Labute approximate surface area is 142 Å². The minimum atomic E-state index is -0.676. The van der Waals surface area contributed by atoms with Crippen molar-refractivity contribution >= 4 is 17.9 Å². The van der Waals surface area contributed by atoms with Gasteiger partial charge in [-0.2, -0.15) is 0 Å². The minimum absolute atomic E-state index is 0.272. The third-order valence-electron chi connectivity index (χ3n) is 3.45. The highest BCUT2D eigenvalue weighted by atomic mass is 16.6. The molecule has 1 aromatic carbocycles. The summed E-state index contributed by atoms with van der Waals surface area (Å²) in [5.74, 6) is 0. The van der Waals surface area contributed by atoms with Gasteiger partial charge in [0.05, 0.1) is 18.2 Å². The Kier molecular flexibility index (Phi) is 5.89. The summed E-state index contributed by atoms with van der Waals surface area (Å²) in [6, 6.07) is 7.61. The Bertz CT molecular complexity index is 589. The average Bonchev–Trinajstić information content (AvgIpc) is 2.50. The first-order chi connectivity index (χ1) is 11.4. The van der Waals surface area contributed by atoms with Crippen LogP contribution >= 0.6 is 0 Å². The zero-order chi connectivity index (χ0) is 17.7. The average molecular weight is 335 g/mol. The Hall–Kier alpha value is -2.44. The molecule has 0 spiro atoms. The van der Waals surface area contributed by atoms with Gasteiger partial charge in [0.15, 0.2) is 0 Å². The molecule has 7 heteroatoms. The topological polar surface area (TPSA) is 79.9 Å². The van der Waals surface area contributed by atoms with Crippen LogP contribution in [0.1, 0.15) is 33.3 Å². The lowest BCUT2D eigenvalue weighted by Gasteiger charge is -2.35. The zero-order valence-corrected chi connectivity index (χ0v) is 14.5. The first-order valence-electron chi connectivity index (χ1n) is 8.15. The van der Waals surface area contributed by atoms with Gasteiger partial charge in [-0.15, -0.1) is 0 Å². The van der Waals surface area contributed by atoms with Gasteiger partial charge in [-0.25, -0.2) is 20.0 Å². The Morgan fingerprint density at radius 2 is 1.83 bits per heavy atom. The number of nitrogens with zero attached hydrogens (tertiary/aromatic N) is 1. The number of ether oxygens (including phenoxy) is 2. The highest BCUT2D eigenvalue weighted by Crippen LogP contribution is 2.23. The molecular weight excluding hydrogens is 310 g/mol. The van der Waals surface area contributed by atoms with Gasteiger partial charge >= 0.3 is 12.2 Å². The van der Waals surface area contributed by atoms with Crippen LogP contribution in [0.25, 0.3) is 0 Å². The van der Waals surface area contributed by atoms with Crippen molar-refractivity contribution in [3.63, 3.8) is 0 Å². The van der Waals surface area contributed by atoms with E-state index >= 15 is 0 Å². The summed E-state index contributed by atoms with van der Waals surface area (Å²) in [4.78, 5) is 24.3. The maximum Gasteiger partial charge on any atom is 0.429 e. The van der Waals surface area contributed by atoms with Crippen LogP contribution in [0.5, 0.6) is 0 Å². The fourth-order valence-electron chi connectivity index (χ4n) is 2.49. The van der Waals surface area contributed by atoms with Crippen molar-refractivity contribution in [3.05, 3.63) is 29.8 Å². The summed E-state index contributed by atoms with van der Waals surface area (Å²) >= 11 is 0. The van der Waals surface area contributed by atoms with Crippen LogP contribution in [0.3, 0.4) is 0 Å². The van der Waals surface area contributed by atoms with E-state index in [0.717, 1.165) is 11.3 Å². The van der Waals surface area contributed by atoms with Crippen molar-refractivity contribution in [1.29, 1.82) is 0 Å². The molecule has 1 heterocycles. The van der Waals surface area contributed by atoms with E-state index in [4.69, 9.17) is 9.47 Å². The Morgan fingerprint density at radius 1 is 1.17 bits per heavy atom. The minimum Gasteiger partial charge on any atom is -0.446 e. The number of hydrogen-bond acceptors (Lipinski definition) is 5. The number of hydrazine groups is 1. The second-order valence-electron chi connectivity index (χ2n) is 6.26. The van der Waals surface area contributed by atoms with Crippen molar-refractivity contribution in [2.24, 2.45) is 0 Å². The van der Waals surface area contributed by atoms with E-state index in [2.05, 4.69) is 10.7 Å². The molecule has 0 aliphatic carbocycles. The molecule has 0 radical (unpaired) electrons. The highest BCUT2D eigenvalue weighted by Gasteiger charge is 2.31. The number of anilines is 1. The first-order valence-corrected chi connectivity index (χ1v) is 8.15. The van der Waals surface area contributed by atoms with Crippen molar-refractivity contribution in [1.82, 2.24) is 10.4 Å². The molecule has 0 saturated heterocycles. The van der Waals surface area contributed by atoms with Crippen molar-refractivity contribution < 1.29 is 19.1 Å². The van der Waals surface area contributed by atoms with Gasteiger partial charge in [-0.1, -0.05) is 18.2 Å². The molecule has 0 bridgehead atoms. The van der Waals surface area contributed by atoms with E-state index in [1.54, 1.807) is 27.7 Å². The Balaban J connectivity index is 2.13. The van der Waals surface area contributed by atoms with Crippen LogP contribution in [-0.2, 0) is 15.9 Å². The maximum absolute atomic E-state index is 12.4. The van der Waals surface area contributed by atoms with Gasteiger partial charge in [-0.3, -0.25) is 0 Å². The predicted molar refractivity (Wildman–Crippen MR) is 90.6 cm³/mol. The molecule has 1 atom stereocenters. The molecule has 1 aromatic rings. The van der Waals surface area contributed by atoms with Gasteiger partial charge in [-0.05, 0) is 45.7 Å². The number of hydrogen-bond donors (Lipinski definition) is 2. The second kappa shape index (κ2) is 7.90. The van der Waals surface area contributed by atoms with E-state index in [0.29, 0.717) is 13.0 Å². The van der Waals surface area contributed by atoms with E-state index in [1.807, 2.05) is 24.3 Å². The van der Waals surface area contributed by atoms with Crippen LogP contribution < -0.4 is 10.7 Å². The summed E-state index contributed by atoms with van der Waals surface area (Å²) < 4.78 is 10.3. The number of carbonyl (C=O) groups excluding carboxylic acids is 2. The number of amides is 2. The van der Waals surface area contributed by atoms with Gasteiger partial charge in [0, 0.05) is 12.2 Å². The van der Waals surface area contributed by atoms with Gasteiger partial charge in [0.25, 0.3) is 0 Å². The number of fused-ring (bicyclic) bond motifs is 1. The molecule has 2 rings (SSSR count). The quantitative estimate of drug-likeness (QED) is 0.830. The monoisotopic (exact) mass is 335 g/mol. The normalized spacial score (nSPS) is 16.2. The van der Waals surface area contributed by atoms with Crippen molar-refractivity contribution in [2.45, 2.75) is 52.4 Å². The van der Waals surface area contributed by atoms with Crippen molar-refractivity contribution in [2.75, 3.05) is 11.9 Å². The molecular formula is C17H25N3O4. The molecule has 132 valence electrons. The lowest BCUT2D eigenvalue weighted by atomic mass is 9.99. The third-order valence-corrected chi connectivity index (χ3v) is 3.45. The SMILES string of the molecule is CC(C)OC(=O)NN(C(=O)OC(C)C)[C@H]1CNc2ccccc2C1. The number of para-hydroxylation sites is 1. The standard InChI is InChI=1S/C17H25N3O4/c1-11(2)23-16(21)19-20(17(22)24-12(3)4)14-9-13-7-5-6-8-15(13)18-10-14/h5-8,11-12,14,18H,9-10H2,1-4H3,(H,19,21)/t14-/m1/s1. The van der Waals surface area contributed by atoms with E-state index in [9.17, 15) is 9.59 Å². The number of rotatable bonds is 3. The highest BCUT2D eigenvalue weighted by molar-refractivity contribution is 5.74. The molecule has 2 N–H and O–H groups in total. The van der Waals surface area contributed by atoms with Crippen LogP contribution in [0.4, 0.5) is 15.3 Å². The molecule has 0 fully saturated rings. The van der Waals surface area contributed by atoms with Gasteiger partial charge < -0.3 is 14.8 Å². The number of carbonyl (C=O) groups is 2. The van der Waals surface area contributed by atoms with E-state index in [-0.39, 0.29) is 18.2 Å². The fourth-order valence-corrected chi connectivity index (χ4v) is 2.49. The zero-order valence-electron chi connectivity index (χ0n) is 14.5.